The largest absolute Gasteiger partial charge is 0.485 e. The maximum absolute atomic E-state index is 12.4. The first kappa shape index (κ1) is 17.0. The van der Waals surface area contributed by atoms with Crippen molar-refractivity contribution in [1.29, 1.82) is 0 Å². The maximum atomic E-state index is 12.4. The highest BCUT2D eigenvalue weighted by Crippen LogP contribution is 2.26. The standard InChI is InChI=1S/C16H22N6O3/c1-19(2)15-13(5-4-7-17-15)25-12-6-8-21(9-12)14(23)10-22-16(24)20(3)11-18-22/h4-5,7,11-12H,6,8-10H2,1-3H3/t12-/m1/s1. The first-order chi connectivity index (χ1) is 12.0. The topological polar surface area (TPSA) is 85.5 Å². The van der Waals surface area contributed by atoms with Gasteiger partial charge in [0.1, 0.15) is 19.0 Å². The number of aryl methyl sites for hydroxylation is 1. The minimum absolute atomic E-state index is 0.0533. The maximum Gasteiger partial charge on any atom is 0.345 e. The van der Waals surface area contributed by atoms with Gasteiger partial charge in [0.25, 0.3) is 0 Å². The molecule has 0 radical (unpaired) electrons. The Bertz CT molecular complexity index is 812. The lowest BCUT2D eigenvalue weighted by Crippen LogP contribution is -2.36. The van der Waals surface area contributed by atoms with Crippen molar-refractivity contribution in [3.63, 3.8) is 0 Å². The van der Waals surface area contributed by atoms with E-state index in [0.717, 1.165) is 12.2 Å². The van der Waals surface area contributed by atoms with Crippen molar-refractivity contribution in [2.24, 2.45) is 7.05 Å². The van der Waals surface area contributed by atoms with E-state index in [1.54, 1.807) is 18.1 Å². The van der Waals surface area contributed by atoms with Gasteiger partial charge in [0.05, 0.1) is 6.54 Å². The van der Waals surface area contributed by atoms with Crippen molar-refractivity contribution < 1.29 is 9.53 Å². The molecule has 1 aliphatic rings. The van der Waals surface area contributed by atoms with E-state index in [9.17, 15) is 9.59 Å². The molecule has 0 unspecified atom stereocenters. The van der Waals surface area contributed by atoms with E-state index >= 15 is 0 Å². The molecule has 9 heteroatoms. The third-order valence-corrected chi connectivity index (χ3v) is 4.14. The molecule has 134 valence electrons. The fraction of sp³-hybridized carbons (Fsp3) is 0.500. The van der Waals surface area contributed by atoms with Crippen LogP contribution in [0, 0.1) is 0 Å². The van der Waals surface area contributed by atoms with Crippen LogP contribution >= 0.6 is 0 Å². The van der Waals surface area contributed by atoms with E-state index in [2.05, 4.69) is 10.1 Å². The lowest BCUT2D eigenvalue weighted by atomic mass is 10.3. The van der Waals surface area contributed by atoms with Crippen LogP contribution in [0.2, 0.25) is 0 Å². The molecule has 2 aromatic heterocycles. The van der Waals surface area contributed by atoms with Crippen LogP contribution in [0.15, 0.2) is 29.5 Å². The average molecular weight is 346 g/mol. The number of hydrogen-bond donors (Lipinski definition) is 0. The summed E-state index contributed by atoms with van der Waals surface area (Å²) < 4.78 is 8.55. The van der Waals surface area contributed by atoms with Crippen LogP contribution in [-0.4, -0.2) is 63.4 Å². The van der Waals surface area contributed by atoms with Gasteiger partial charge in [-0.2, -0.15) is 5.10 Å². The molecule has 0 spiro atoms. The number of nitrogens with zero attached hydrogens (tertiary/aromatic N) is 6. The zero-order valence-electron chi connectivity index (χ0n) is 14.6. The van der Waals surface area contributed by atoms with Crippen molar-refractivity contribution >= 4 is 11.7 Å². The van der Waals surface area contributed by atoms with Crippen LogP contribution < -0.4 is 15.3 Å². The van der Waals surface area contributed by atoms with Gasteiger partial charge in [-0.3, -0.25) is 9.36 Å². The lowest BCUT2D eigenvalue weighted by Gasteiger charge is -2.20. The van der Waals surface area contributed by atoms with E-state index in [1.807, 2.05) is 31.1 Å². The molecular weight excluding hydrogens is 324 g/mol. The second-order valence-electron chi connectivity index (χ2n) is 6.27. The van der Waals surface area contributed by atoms with Crippen LogP contribution in [-0.2, 0) is 18.4 Å². The van der Waals surface area contributed by atoms with E-state index in [-0.39, 0.29) is 24.2 Å². The fourth-order valence-corrected chi connectivity index (χ4v) is 2.80. The number of anilines is 1. The van der Waals surface area contributed by atoms with Crippen molar-refractivity contribution in [3.8, 4) is 5.75 Å². The van der Waals surface area contributed by atoms with Crippen molar-refractivity contribution in [3.05, 3.63) is 35.1 Å². The van der Waals surface area contributed by atoms with Gasteiger partial charge in [-0.15, -0.1) is 0 Å². The number of hydrogen-bond acceptors (Lipinski definition) is 6. The summed E-state index contributed by atoms with van der Waals surface area (Å²) in [5, 5.41) is 3.92. The van der Waals surface area contributed by atoms with Gasteiger partial charge in [-0.05, 0) is 12.1 Å². The molecule has 25 heavy (non-hydrogen) atoms. The lowest BCUT2D eigenvalue weighted by molar-refractivity contribution is -0.131. The van der Waals surface area contributed by atoms with Crippen molar-refractivity contribution in [2.45, 2.75) is 19.1 Å². The molecule has 0 N–H and O–H groups in total. The Morgan fingerprint density at radius 2 is 2.24 bits per heavy atom. The highest BCUT2D eigenvalue weighted by atomic mass is 16.5. The molecule has 1 fully saturated rings. The molecule has 0 aliphatic carbocycles. The summed E-state index contributed by atoms with van der Waals surface area (Å²) in [6.45, 7) is 1.03. The summed E-state index contributed by atoms with van der Waals surface area (Å²) in [6.07, 6.45) is 3.77. The smallest absolute Gasteiger partial charge is 0.345 e. The molecule has 1 atom stereocenters. The van der Waals surface area contributed by atoms with Crippen LogP contribution in [0.1, 0.15) is 6.42 Å². The Morgan fingerprint density at radius 1 is 1.44 bits per heavy atom. The van der Waals surface area contributed by atoms with Gasteiger partial charge in [-0.1, -0.05) is 0 Å². The third-order valence-electron chi connectivity index (χ3n) is 4.14. The second kappa shape index (κ2) is 6.96. The molecule has 3 rings (SSSR count). The first-order valence-electron chi connectivity index (χ1n) is 8.11. The van der Waals surface area contributed by atoms with E-state index in [0.29, 0.717) is 18.8 Å². The summed E-state index contributed by atoms with van der Waals surface area (Å²) >= 11 is 0. The molecule has 1 aliphatic heterocycles. The number of carbonyl (C=O) groups is 1. The number of amides is 1. The van der Waals surface area contributed by atoms with Gasteiger partial charge >= 0.3 is 5.69 Å². The number of rotatable bonds is 5. The van der Waals surface area contributed by atoms with E-state index < -0.39 is 0 Å². The predicted octanol–water partition coefficient (Wildman–Crippen LogP) is -0.277. The molecular formula is C16H22N6O3. The Labute approximate surface area is 145 Å². The normalized spacial score (nSPS) is 16.9. The number of aromatic nitrogens is 4. The van der Waals surface area contributed by atoms with Gasteiger partial charge in [0, 0.05) is 40.3 Å². The van der Waals surface area contributed by atoms with Crippen LogP contribution in [0.3, 0.4) is 0 Å². The van der Waals surface area contributed by atoms with Gasteiger partial charge in [-0.25, -0.2) is 14.5 Å². The van der Waals surface area contributed by atoms with Gasteiger partial charge in [0.2, 0.25) is 5.91 Å². The molecule has 2 aromatic rings. The minimum Gasteiger partial charge on any atom is -0.485 e. The van der Waals surface area contributed by atoms with Crippen LogP contribution in [0.4, 0.5) is 5.82 Å². The Morgan fingerprint density at radius 3 is 2.92 bits per heavy atom. The van der Waals surface area contributed by atoms with Crippen LogP contribution in [0.25, 0.3) is 0 Å². The van der Waals surface area contributed by atoms with Crippen molar-refractivity contribution in [2.75, 3.05) is 32.1 Å². The monoisotopic (exact) mass is 346 g/mol. The molecule has 3 heterocycles. The van der Waals surface area contributed by atoms with E-state index in [4.69, 9.17) is 4.74 Å². The number of pyridine rings is 1. The summed E-state index contributed by atoms with van der Waals surface area (Å²) in [4.78, 5) is 32.1. The molecule has 9 nitrogen and oxygen atoms in total. The molecule has 1 saturated heterocycles. The highest BCUT2D eigenvalue weighted by Gasteiger charge is 2.29. The fourth-order valence-electron chi connectivity index (χ4n) is 2.80. The molecule has 0 aromatic carbocycles. The summed E-state index contributed by atoms with van der Waals surface area (Å²) in [5.41, 5.74) is -0.300. The SMILES string of the molecule is CN(C)c1ncccc1O[C@@H]1CCN(C(=O)Cn2ncn(C)c2=O)C1. The Kier molecular flexibility index (Phi) is 4.73. The zero-order chi connectivity index (χ0) is 18.0. The Hall–Kier alpha value is -2.84. The number of likely N-dealkylation sites (tertiary alicyclic amines) is 1. The second-order valence-corrected chi connectivity index (χ2v) is 6.27. The van der Waals surface area contributed by atoms with E-state index in [1.165, 1.54) is 15.6 Å². The average Bonchev–Trinajstić information content (AvgIpc) is 3.17. The summed E-state index contributed by atoms with van der Waals surface area (Å²) in [5.74, 6) is 1.32. The molecule has 0 bridgehead atoms. The predicted molar refractivity (Wildman–Crippen MR) is 91.6 cm³/mol. The van der Waals surface area contributed by atoms with Crippen molar-refractivity contribution in [1.82, 2.24) is 24.2 Å². The Balaban J connectivity index is 1.61. The third kappa shape index (κ3) is 3.65. The molecule has 1 amide bonds. The number of ether oxygens (including phenoxy) is 1. The first-order valence-corrected chi connectivity index (χ1v) is 8.11. The molecule has 0 saturated carbocycles. The van der Waals surface area contributed by atoms with Gasteiger partial charge < -0.3 is 14.5 Å². The summed E-state index contributed by atoms with van der Waals surface area (Å²) in [7, 11) is 5.42. The van der Waals surface area contributed by atoms with Gasteiger partial charge in [0.15, 0.2) is 11.6 Å². The highest BCUT2D eigenvalue weighted by molar-refractivity contribution is 5.76. The summed E-state index contributed by atoms with van der Waals surface area (Å²) in [6, 6.07) is 3.70. The zero-order valence-corrected chi connectivity index (χ0v) is 14.6. The quantitative estimate of drug-likeness (QED) is 0.740. The number of carbonyl (C=O) groups excluding carboxylic acids is 1. The minimum atomic E-state index is -0.300. The van der Waals surface area contributed by atoms with Crippen LogP contribution in [0.5, 0.6) is 5.75 Å².